The lowest BCUT2D eigenvalue weighted by atomic mass is 10.2. The number of nitrogens with zero attached hydrogens (tertiary/aromatic N) is 5. The molecule has 0 spiro atoms. The van der Waals surface area contributed by atoms with Gasteiger partial charge >= 0.3 is 18.2 Å². The number of carbonyl (C=O) groups is 3. The van der Waals surface area contributed by atoms with Crippen LogP contribution in [0.3, 0.4) is 0 Å². The normalized spacial score (nSPS) is 11.2. The van der Waals surface area contributed by atoms with Crippen molar-refractivity contribution >= 4 is 39.8 Å². The van der Waals surface area contributed by atoms with Gasteiger partial charge in [-0.15, -0.1) is 0 Å². The Kier molecular flexibility index (Phi) is 7.37. The van der Waals surface area contributed by atoms with Crippen LogP contribution in [0.15, 0.2) is 54.7 Å². The molecule has 1 aromatic carbocycles. The van der Waals surface area contributed by atoms with Gasteiger partial charge in [0.05, 0.1) is 28.8 Å². The van der Waals surface area contributed by atoms with E-state index >= 15 is 0 Å². The zero-order valence-electron chi connectivity index (χ0n) is 19.9. The smallest absolute Gasteiger partial charge is 0.475 e. The van der Waals surface area contributed by atoms with Crippen molar-refractivity contribution in [2.75, 3.05) is 21.1 Å². The minimum absolute atomic E-state index is 0.230. The quantitative estimate of drug-likeness (QED) is 0.456. The van der Waals surface area contributed by atoms with E-state index in [9.17, 15) is 22.8 Å². The lowest BCUT2D eigenvalue weighted by Crippen LogP contribution is -2.34. The number of benzene rings is 1. The molecule has 0 saturated heterocycles. The molecule has 4 rings (SSSR count). The Labute approximate surface area is 203 Å². The Balaban J connectivity index is 0.000000454. The molecule has 190 valence electrons. The second-order valence-electron chi connectivity index (χ2n) is 8.14. The summed E-state index contributed by atoms with van der Waals surface area (Å²) < 4.78 is 35.3. The number of aromatic nitrogens is 3. The number of hydrogen-bond donors (Lipinski definition) is 1. The summed E-state index contributed by atoms with van der Waals surface area (Å²) in [6.45, 7) is 0.359. The maximum absolute atomic E-state index is 13.3. The highest BCUT2D eigenvalue weighted by Gasteiger charge is 2.38. The summed E-state index contributed by atoms with van der Waals surface area (Å²) in [4.78, 5) is 42.6. The molecular weight excluding hydrogens is 479 g/mol. The first-order chi connectivity index (χ1) is 16.8. The highest BCUT2D eigenvalue weighted by atomic mass is 19.4. The van der Waals surface area contributed by atoms with Gasteiger partial charge in [0.1, 0.15) is 5.69 Å². The Morgan fingerprint density at radius 1 is 1.00 bits per heavy atom. The number of aliphatic carboxylic acids is 1. The molecule has 0 aliphatic carbocycles. The van der Waals surface area contributed by atoms with E-state index in [1.807, 2.05) is 54.1 Å². The Morgan fingerprint density at radius 2 is 1.61 bits per heavy atom. The number of pyridine rings is 1. The van der Waals surface area contributed by atoms with E-state index in [1.54, 1.807) is 38.3 Å². The highest BCUT2D eigenvalue weighted by molar-refractivity contribution is 6.14. The van der Waals surface area contributed by atoms with Gasteiger partial charge in [0, 0.05) is 39.8 Å². The Bertz CT molecular complexity index is 1420. The first-order valence-electron chi connectivity index (χ1n) is 10.6. The first-order valence-corrected chi connectivity index (χ1v) is 10.6. The van der Waals surface area contributed by atoms with Gasteiger partial charge in [-0.05, 0) is 24.3 Å². The van der Waals surface area contributed by atoms with Crippen molar-refractivity contribution in [3.05, 3.63) is 66.1 Å². The van der Waals surface area contributed by atoms with Gasteiger partial charge in [0.15, 0.2) is 0 Å². The van der Waals surface area contributed by atoms with E-state index in [0.29, 0.717) is 12.2 Å². The zero-order chi connectivity index (χ0) is 26.8. The predicted molar refractivity (Wildman–Crippen MR) is 127 cm³/mol. The third-order valence-corrected chi connectivity index (χ3v) is 5.37. The van der Waals surface area contributed by atoms with Crippen LogP contribution in [0.2, 0.25) is 0 Å². The lowest BCUT2D eigenvalue weighted by Gasteiger charge is -2.19. The molecule has 3 heterocycles. The summed E-state index contributed by atoms with van der Waals surface area (Å²) >= 11 is 0. The fourth-order valence-corrected chi connectivity index (χ4v) is 3.67. The summed E-state index contributed by atoms with van der Waals surface area (Å²) in [5.74, 6) is -2.99. The van der Waals surface area contributed by atoms with Gasteiger partial charge in [-0.25, -0.2) is 9.59 Å². The van der Waals surface area contributed by atoms with E-state index in [-0.39, 0.29) is 11.9 Å². The molecule has 0 atom stereocenters. The van der Waals surface area contributed by atoms with Crippen LogP contribution in [0.1, 0.15) is 16.2 Å². The number of rotatable bonds is 3. The number of amides is 2. The minimum Gasteiger partial charge on any atom is -0.475 e. The standard InChI is InChI=1S/C22H23N5O2.C2HF3O2/c1-24(2)22(29)27-19(21(28)25(3)14-15-9-7-8-12-23-15)13-18-20(27)16-10-5-6-11-17(16)26(18)4;3-2(4,5)1(6)7/h5-13H,14H2,1-4H3;(H,6,7). The summed E-state index contributed by atoms with van der Waals surface area (Å²) in [5.41, 5.74) is 3.73. The monoisotopic (exact) mass is 503 g/mol. The van der Waals surface area contributed by atoms with Crippen LogP contribution in [-0.2, 0) is 18.4 Å². The van der Waals surface area contributed by atoms with Gasteiger partial charge in [0.2, 0.25) is 0 Å². The number of halogens is 3. The maximum Gasteiger partial charge on any atom is 0.490 e. The summed E-state index contributed by atoms with van der Waals surface area (Å²) in [7, 11) is 7.04. The Hall–Kier alpha value is -4.35. The van der Waals surface area contributed by atoms with Crippen molar-refractivity contribution in [2.45, 2.75) is 12.7 Å². The van der Waals surface area contributed by atoms with Crippen molar-refractivity contribution < 1.29 is 32.7 Å². The summed E-state index contributed by atoms with van der Waals surface area (Å²) in [6.07, 6.45) is -3.38. The number of fused-ring (bicyclic) bond motifs is 3. The Morgan fingerprint density at radius 3 is 2.17 bits per heavy atom. The van der Waals surface area contributed by atoms with Crippen molar-refractivity contribution in [1.82, 2.24) is 23.9 Å². The van der Waals surface area contributed by atoms with Crippen molar-refractivity contribution in [3.63, 3.8) is 0 Å². The molecule has 0 bridgehead atoms. The fraction of sp³-hybridized carbons (Fsp3) is 0.250. The van der Waals surface area contributed by atoms with Crippen LogP contribution in [0, 0.1) is 0 Å². The SMILES string of the molecule is CN(C)C(=O)n1c(C(=O)N(C)Cc2ccccn2)cc2c1c1ccccc1n2C.O=C(O)C(F)(F)F. The van der Waals surface area contributed by atoms with Crippen molar-refractivity contribution in [2.24, 2.45) is 7.05 Å². The molecule has 0 unspecified atom stereocenters. The second-order valence-corrected chi connectivity index (χ2v) is 8.14. The number of carboxylic acid groups (broad SMARTS) is 1. The third-order valence-electron chi connectivity index (χ3n) is 5.37. The van der Waals surface area contributed by atoms with Crippen LogP contribution in [0.5, 0.6) is 0 Å². The third kappa shape index (κ3) is 5.16. The van der Waals surface area contributed by atoms with E-state index in [1.165, 1.54) is 9.47 Å². The van der Waals surface area contributed by atoms with E-state index in [0.717, 1.165) is 27.6 Å². The van der Waals surface area contributed by atoms with E-state index in [2.05, 4.69) is 4.98 Å². The number of hydrogen-bond acceptors (Lipinski definition) is 4. The zero-order valence-corrected chi connectivity index (χ0v) is 19.9. The molecule has 9 nitrogen and oxygen atoms in total. The average Bonchev–Trinajstić information content (AvgIpc) is 3.34. The molecule has 3 aromatic heterocycles. The van der Waals surface area contributed by atoms with E-state index < -0.39 is 12.1 Å². The number of para-hydroxylation sites is 1. The summed E-state index contributed by atoms with van der Waals surface area (Å²) in [5, 5.41) is 8.06. The second kappa shape index (κ2) is 10.1. The van der Waals surface area contributed by atoms with Gasteiger partial charge in [-0.2, -0.15) is 13.2 Å². The van der Waals surface area contributed by atoms with Crippen LogP contribution in [0.25, 0.3) is 21.9 Å². The van der Waals surface area contributed by atoms with Gasteiger partial charge in [-0.3, -0.25) is 14.3 Å². The molecular formula is C24H24F3N5O4. The maximum atomic E-state index is 13.3. The van der Waals surface area contributed by atoms with E-state index in [4.69, 9.17) is 9.90 Å². The summed E-state index contributed by atoms with van der Waals surface area (Å²) in [6, 6.07) is 15.0. The van der Waals surface area contributed by atoms with Gasteiger partial charge in [0.25, 0.3) is 5.91 Å². The molecule has 1 N–H and O–H groups in total. The van der Waals surface area contributed by atoms with Crippen LogP contribution >= 0.6 is 0 Å². The molecule has 4 aromatic rings. The van der Waals surface area contributed by atoms with Gasteiger partial charge < -0.3 is 19.5 Å². The molecule has 0 aliphatic heterocycles. The molecule has 36 heavy (non-hydrogen) atoms. The average molecular weight is 503 g/mol. The number of alkyl halides is 3. The topological polar surface area (TPSA) is 101 Å². The van der Waals surface area contributed by atoms with Crippen LogP contribution in [-0.4, -0.2) is 74.3 Å². The highest BCUT2D eigenvalue weighted by Crippen LogP contribution is 2.31. The molecule has 0 radical (unpaired) electrons. The lowest BCUT2D eigenvalue weighted by molar-refractivity contribution is -0.192. The minimum atomic E-state index is -5.08. The van der Waals surface area contributed by atoms with Crippen LogP contribution in [0.4, 0.5) is 18.0 Å². The molecule has 2 amide bonds. The van der Waals surface area contributed by atoms with Crippen LogP contribution < -0.4 is 0 Å². The fourth-order valence-electron chi connectivity index (χ4n) is 3.67. The molecule has 12 heteroatoms. The molecule has 0 aliphatic rings. The van der Waals surface area contributed by atoms with Crippen molar-refractivity contribution in [3.8, 4) is 0 Å². The van der Waals surface area contributed by atoms with Gasteiger partial charge in [-0.1, -0.05) is 24.3 Å². The molecule has 0 saturated carbocycles. The number of aryl methyl sites for hydroxylation is 1. The largest absolute Gasteiger partial charge is 0.490 e. The number of carbonyl (C=O) groups excluding carboxylic acids is 2. The van der Waals surface area contributed by atoms with Crippen molar-refractivity contribution in [1.29, 1.82) is 0 Å². The first kappa shape index (κ1) is 26.3. The molecule has 0 fully saturated rings. The number of carboxylic acids is 1. The predicted octanol–water partition coefficient (Wildman–Crippen LogP) is 3.96.